The molecule has 2 aromatic rings. The Kier molecular flexibility index (Phi) is 8.38. The molecule has 1 aromatic carbocycles. The minimum atomic E-state index is 0.0706. The molecule has 0 saturated carbocycles. The average molecular weight is 407 g/mol. The van der Waals surface area contributed by atoms with Crippen LogP contribution in [0, 0.1) is 0 Å². The first kappa shape index (κ1) is 21.5. The standard InChI is InChI=1S/C20H27ClN4OS/c1-5-24(6-2)18-13-17(21)22-20(23-18)27-14-15-9-11-16(12-10-15)19(26)25(7-3)8-4/h9-13H,5-8,14H2,1-4H3. The number of hydrogen-bond donors (Lipinski definition) is 0. The van der Waals surface area contributed by atoms with Gasteiger partial charge in [0.2, 0.25) is 0 Å². The van der Waals surface area contributed by atoms with E-state index in [1.54, 1.807) is 17.8 Å². The summed E-state index contributed by atoms with van der Waals surface area (Å²) < 4.78 is 0. The Balaban J connectivity index is 2.05. The Labute approximate surface area is 171 Å². The van der Waals surface area contributed by atoms with Crippen LogP contribution in [0.1, 0.15) is 43.6 Å². The molecule has 0 N–H and O–H groups in total. The molecule has 5 nitrogen and oxygen atoms in total. The lowest BCUT2D eigenvalue weighted by molar-refractivity contribution is 0.0773. The maximum absolute atomic E-state index is 12.4. The number of halogens is 1. The van der Waals surface area contributed by atoms with Crippen LogP contribution in [0.15, 0.2) is 35.5 Å². The summed E-state index contributed by atoms with van der Waals surface area (Å²) >= 11 is 7.71. The van der Waals surface area contributed by atoms with E-state index in [1.807, 2.05) is 43.0 Å². The molecule has 0 fully saturated rings. The van der Waals surface area contributed by atoms with Gasteiger partial charge in [0.25, 0.3) is 5.91 Å². The van der Waals surface area contributed by atoms with Gasteiger partial charge < -0.3 is 9.80 Å². The van der Waals surface area contributed by atoms with Gasteiger partial charge in [-0.3, -0.25) is 4.79 Å². The van der Waals surface area contributed by atoms with E-state index >= 15 is 0 Å². The van der Waals surface area contributed by atoms with E-state index in [-0.39, 0.29) is 5.91 Å². The van der Waals surface area contributed by atoms with E-state index in [9.17, 15) is 4.79 Å². The van der Waals surface area contributed by atoms with Crippen LogP contribution in [0.3, 0.4) is 0 Å². The maximum Gasteiger partial charge on any atom is 0.253 e. The van der Waals surface area contributed by atoms with E-state index in [0.717, 1.165) is 35.8 Å². The van der Waals surface area contributed by atoms with Crippen molar-refractivity contribution >= 4 is 35.1 Å². The maximum atomic E-state index is 12.4. The number of thioether (sulfide) groups is 1. The highest BCUT2D eigenvalue weighted by Gasteiger charge is 2.12. The van der Waals surface area contributed by atoms with Gasteiger partial charge in [-0.25, -0.2) is 9.97 Å². The van der Waals surface area contributed by atoms with Crippen LogP contribution in [0.4, 0.5) is 5.82 Å². The van der Waals surface area contributed by atoms with Crippen molar-refractivity contribution in [3.8, 4) is 0 Å². The molecule has 0 unspecified atom stereocenters. The Morgan fingerprint density at radius 3 is 2.19 bits per heavy atom. The van der Waals surface area contributed by atoms with Crippen LogP contribution < -0.4 is 4.90 Å². The SMILES string of the molecule is CCN(CC)C(=O)c1ccc(CSc2nc(Cl)cc(N(CC)CC)n2)cc1. The molecule has 0 saturated heterocycles. The Bertz CT molecular complexity index is 746. The van der Waals surface area contributed by atoms with Crippen molar-refractivity contribution in [2.45, 2.75) is 38.6 Å². The Morgan fingerprint density at radius 1 is 1.00 bits per heavy atom. The molecule has 0 bridgehead atoms. The number of aromatic nitrogens is 2. The lowest BCUT2D eigenvalue weighted by Gasteiger charge is -2.20. The molecule has 0 aliphatic rings. The number of amides is 1. The zero-order valence-electron chi connectivity index (χ0n) is 16.4. The first-order valence-electron chi connectivity index (χ1n) is 9.32. The topological polar surface area (TPSA) is 49.3 Å². The van der Waals surface area contributed by atoms with Gasteiger partial charge in [-0.05, 0) is 45.4 Å². The van der Waals surface area contributed by atoms with Crippen molar-refractivity contribution in [1.82, 2.24) is 14.9 Å². The van der Waals surface area contributed by atoms with Crippen molar-refractivity contribution in [2.75, 3.05) is 31.1 Å². The average Bonchev–Trinajstić information content (AvgIpc) is 2.68. The summed E-state index contributed by atoms with van der Waals surface area (Å²) in [4.78, 5) is 25.3. The fourth-order valence-corrected chi connectivity index (χ4v) is 3.78. The van der Waals surface area contributed by atoms with E-state index in [2.05, 4.69) is 28.7 Å². The molecule has 27 heavy (non-hydrogen) atoms. The molecule has 1 aromatic heterocycles. The predicted octanol–water partition coefficient (Wildman–Crippen LogP) is 4.75. The summed E-state index contributed by atoms with van der Waals surface area (Å²) in [7, 11) is 0. The van der Waals surface area contributed by atoms with Crippen molar-refractivity contribution in [2.24, 2.45) is 0 Å². The summed E-state index contributed by atoms with van der Waals surface area (Å²) in [6.07, 6.45) is 0. The van der Waals surface area contributed by atoms with Gasteiger partial charge in [0.05, 0.1) is 0 Å². The summed E-state index contributed by atoms with van der Waals surface area (Å²) in [5.74, 6) is 1.64. The number of rotatable bonds is 9. The second kappa shape index (κ2) is 10.5. The van der Waals surface area contributed by atoms with Crippen molar-refractivity contribution in [3.63, 3.8) is 0 Å². The molecule has 0 aliphatic carbocycles. The second-order valence-corrected chi connectivity index (χ2v) is 7.30. The molecule has 146 valence electrons. The first-order valence-corrected chi connectivity index (χ1v) is 10.7. The zero-order chi connectivity index (χ0) is 19.8. The number of hydrogen-bond acceptors (Lipinski definition) is 5. The smallest absolute Gasteiger partial charge is 0.253 e. The van der Waals surface area contributed by atoms with Crippen LogP contribution >= 0.6 is 23.4 Å². The van der Waals surface area contributed by atoms with E-state index in [0.29, 0.717) is 23.4 Å². The molecule has 2 rings (SSSR count). The van der Waals surface area contributed by atoms with Gasteiger partial charge in [0.15, 0.2) is 5.16 Å². The van der Waals surface area contributed by atoms with Gasteiger partial charge in [-0.1, -0.05) is 35.5 Å². The normalized spacial score (nSPS) is 10.7. The van der Waals surface area contributed by atoms with Crippen LogP contribution in [-0.2, 0) is 5.75 Å². The Hall–Kier alpha value is -1.79. The van der Waals surface area contributed by atoms with Crippen LogP contribution in [0.25, 0.3) is 0 Å². The van der Waals surface area contributed by atoms with E-state index in [1.165, 1.54) is 0 Å². The highest BCUT2D eigenvalue weighted by molar-refractivity contribution is 7.98. The van der Waals surface area contributed by atoms with Crippen molar-refractivity contribution in [3.05, 3.63) is 46.6 Å². The molecule has 1 amide bonds. The van der Waals surface area contributed by atoms with Crippen LogP contribution in [-0.4, -0.2) is 47.0 Å². The molecule has 7 heteroatoms. The monoisotopic (exact) mass is 406 g/mol. The third-order valence-corrected chi connectivity index (χ3v) is 5.48. The number of carbonyl (C=O) groups is 1. The van der Waals surface area contributed by atoms with Crippen molar-refractivity contribution < 1.29 is 4.79 Å². The Morgan fingerprint density at radius 2 is 1.63 bits per heavy atom. The fraction of sp³-hybridized carbons (Fsp3) is 0.450. The van der Waals surface area contributed by atoms with E-state index in [4.69, 9.17) is 11.6 Å². The quantitative estimate of drug-likeness (QED) is 0.341. The predicted molar refractivity (Wildman–Crippen MR) is 114 cm³/mol. The van der Waals surface area contributed by atoms with Crippen LogP contribution in [0.2, 0.25) is 5.15 Å². The highest BCUT2D eigenvalue weighted by atomic mass is 35.5. The largest absolute Gasteiger partial charge is 0.357 e. The molecular formula is C20H27ClN4OS. The number of benzene rings is 1. The van der Waals surface area contributed by atoms with Crippen molar-refractivity contribution in [1.29, 1.82) is 0 Å². The minimum Gasteiger partial charge on any atom is -0.357 e. The van der Waals surface area contributed by atoms with E-state index < -0.39 is 0 Å². The van der Waals surface area contributed by atoms with Gasteiger partial charge in [0, 0.05) is 43.6 Å². The number of anilines is 1. The number of nitrogens with zero attached hydrogens (tertiary/aromatic N) is 4. The van der Waals surface area contributed by atoms with Gasteiger partial charge in [-0.15, -0.1) is 0 Å². The number of carbonyl (C=O) groups excluding carboxylic acids is 1. The second-order valence-electron chi connectivity index (χ2n) is 5.97. The van der Waals surface area contributed by atoms with Gasteiger partial charge >= 0.3 is 0 Å². The summed E-state index contributed by atoms with van der Waals surface area (Å²) in [5.41, 5.74) is 1.83. The zero-order valence-corrected chi connectivity index (χ0v) is 18.0. The molecule has 0 spiro atoms. The van der Waals surface area contributed by atoms with Crippen LogP contribution in [0.5, 0.6) is 0 Å². The first-order chi connectivity index (χ1) is 13.0. The minimum absolute atomic E-state index is 0.0706. The summed E-state index contributed by atoms with van der Waals surface area (Å²) in [5, 5.41) is 1.11. The summed E-state index contributed by atoms with van der Waals surface area (Å²) in [6, 6.07) is 9.54. The lowest BCUT2D eigenvalue weighted by atomic mass is 10.1. The third-order valence-electron chi connectivity index (χ3n) is 4.37. The lowest BCUT2D eigenvalue weighted by Crippen LogP contribution is -2.30. The molecule has 0 aliphatic heterocycles. The molecule has 1 heterocycles. The summed E-state index contributed by atoms with van der Waals surface area (Å²) in [6.45, 7) is 11.3. The molecule has 0 atom stereocenters. The highest BCUT2D eigenvalue weighted by Crippen LogP contribution is 2.24. The fourth-order valence-electron chi connectivity index (χ4n) is 2.74. The molecular weight excluding hydrogens is 380 g/mol. The van der Waals surface area contributed by atoms with Gasteiger partial charge in [-0.2, -0.15) is 0 Å². The van der Waals surface area contributed by atoms with Gasteiger partial charge in [0.1, 0.15) is 11.0 Å². The third kappa shape index (κ3) is 5.84. The molecule has 0 radical (unpaired) electrons.